The SMILES string of the molecule is COc1ccc(NS(=O)(=O)NC(=O)OC(C)C)c(N)c1. The van der Waals surface area contributed by atoms with E-state index in [4.69, 9.17) is 10.5 Å². The molecule has 0 heterocycles. The summed E-state index contributed by atoms with van der Waals surface area (Å²) in [4.78, 5) is 11.2. The van der Waals surface area contributed by atoms with Crippen molar-refractivity contribution in [1.29, 1.82) is 0 Å². The average molecular weight is 303 g/mol. The Hall–Kier alpha value is -2.16. The molecular weight excluding hydrogens is 286 g/mol. The summed E-state index contributed by atoms with van der Waals surface area (Å²) in [5.41, 5.74) is 5.94. The molecule has 0 aliphatic carbocycles. The Morgan fingerprint density at radius 3 is 2.50 bits per heavy atom. The highest BCUT2D eigenvalue weighted by atomic mass is 32.2. The van der Waals surface area contributed by atoms with Gasteiger partial charge in [-0.3, -0.25) is 4.72 Å². The molecule has 0 atom stereocenters. The summed E-state index contributed by atoms with van der Waals surface area (Å²) in [6.07, 6.45) is -1.50. The highest BCUT2D eigenvalue weighted by Crippen LogP contribution is 2.24. The van der Waals surface area contributed by atoms with Gasteiger partial charge in [0.2, 0.25) is 0 Å². The third-order valence-corrected chi connectivity index (χ3v) is 2.99. The lowest BCUT2D eigenvalue weighted by atomic mass is 10.2. The van der Waals surface area contributed by atoms with Crippen LogP contribution in [-0.2, 0) is 14.9 Å². The van der Waals surface area contributed by atoms with Gasteiger partial charge in [0.15, 0.2) is 0 Å². The lowest BCUT2D eigenvalue weighted by Crippen LogP contribution is -2.36. The number of nitrogens with one attached hydrogen (secondary N) is 2. The van der Waals surface area contributed by atoms with Crippen LogP contribution in [0.15, 0.2) is 18.2 Å². The number of ether oxygens (including phenoxy) is 2. The summed E-state index contributed by atoms with van der Waals surface area (Å²) in [5, 5.41) is 0. The maximum absolute atomic E-state index is 11.7. The van der Waals surface area contributed by atoms with Gasteiger partial charge in [0.1, 0.15) is 5.75 Å². The van der Waals surface area contributed by atoms with Gasteiger partial charge in [-0.2, -0.15) is 8.42 Å². The molecule has 0 aliphatic heterocycles. The van der Waals surface area contributed by atoms with Gasteiger partial charge in [0.25, 0.3) is 0 Å². The maximum atomic E-state index is 11.7. The molecule has 0 spiro atoms. The predicted octanol–water partition coefficient (Wildman–Crippen LogP) is 1.07. The smallest absolute Gasteiger partial charge is 0.422 e. The molecule has 0 radical (unpaired) electrons. The van der Waals surface area contributed by atoms with Crippen molar-refractivity contribution in [3.63, 3.8) is 0 Å². The maximum Gasteiger partial charge on any atom is 0.422 e. The summed E-state index contributed by atoms with van der Waals surface area (Å²) in [6, 6.07) is 4.39. The molecule has 0 bridgehead atoms. The second-order valence-corrected chi connectivity index (χ2v) is 5.53. The molecule has 9 heteroatoms. The Labute approximate surface area is 117 Å². The number of benzene rings is 1. The van der Waals surface area contributed by atoms with Crippen molar-refractivity contribution in [3.05, 3.63) is 18.2 Å². The van der Waals surface area contributed by atoms with E-state index in [1.807, 2.05) is 0 Å². The first-order valence-corrected chi connectivity index (χ1v) is 7.16. The standard InChI is InChI=1S/C11H17N3O5S/c1-7(2)19-11(15)14-20(16,17)13-10-5-4-8(18-3)6-9(10)12/h4-7,13H,12H2,1-3H3,(H,14,15). The number of nitrogen functional groups attached to an aromatic ring is 1. The van der Waals surface area contributed by atoms with E-state index < -0.39 is 22.4 Å². The fraction of sp³-hybridized carbons (Fsp3) is 0.364. The van der Waals surface area contributed by atoms with Crippen LogP contribution in [0, 0.1) is 0 Å². The van der Waals surface area contributed by atoms with Crippen LogP contribution in [0.4, 0.5) is 16.2 Å². The second kappa shape index (κ2) is 6.33. The molecular formula is C11H17N3O5S. The second-order valence-electron chi connectivity index (χ2n) is 4.11. The lowest BCUT2D eigenvalue weighted by Gasteiger charge is -2.13. The van der Waals surface area contributed by atoms with Gasteiger partial charge in [0, 0.05) is 6.07 Å². The summed E-state index contributed by atoms with van der Waals surface area (Å²) >= 11 is 0. The van der Waals surface area contributed by atoms with Gasteiger partial charge in [-0.25, -0.2) is 9.52 Å². The Balaban J connectivity index is 2.78. The van der Waals surface area contributed by atoms with E-state index >= 15 is 0 Å². The van der Waals surface area contributed by atoms with Gasteiger partial charge in [-0.1, -0.05) is 0 Å². The molecule has 0 saturated heterocycles. The number of anilines is 2. The monoisotopic (exact) mass is 303 g/mol. The minimum atomic E-state index is -4.12. The highest BCUT2D eigenvalue weighted by Gasteiger charge is 2.17. The van der Waals surface area contributed by atoms with E-state index in [9.17, 15) is 13.2 Å². The Bertz CT molecular complexity index is 586. The zero-order chi connectivity index (χ0) is 15.3. The largest absolute Gasteiger partial charge is 0.497 e. The van der Waals surface area contributed by atoms with Gasteiger partial charge in [0.05, 0.1) is 24.6 Å². The van der Waals surface area contributed by atoms with Crippen molar-refractivity contribution in [1.82, 2.24) is 4.72 Å². The number of hydrogen-bond donors (Lipinski definition) is 3. The zero-order valence-corrected chi connectivity index (χ0v) is 12.2. The third kappa shape index (κ3) is 4.84. The third-order valence-electron chi connectivity index (χ3n) is 2.06. The van der Waals surface area contributed by atoms with Crippen LogP contribution in [-0.4, -0.2) is 27.7 Å². The van der Waals surface area contributed by atoms with Crippen LogP contribution in [0.2, 0.25) is 0 Å². The van der Waals surface area contributed by atoms with Crippen molar-refractivity contribution in [2.45, 2.75) is 20.0 Å². The van der Waals surface area contributed by atoms with Crippen molar-refractivity contribution >= 4 is 27.7 Å². The van der Waals surface area contributed by atoms with E-state index in [0.29, 0.717) is 5.75 Å². The first kappa shape index (κ1) is 15.9. The minimum Gasteiger partial charge on any atom is -0.497 e. The number of carbonyl (C=O) groups is 1. The molecule has 0 aromatic heterocycles. The molecule has 1 amide bonds. The molecule has 112 valence electrons. The van der Waals surface area contributed by atoms with Crippen LogP contribution in [0.3, 0.4) is 0 Å². The van der Waals surface area contributed by atoms with E-state index in [0.717, 1.165) is 0 Å². The van der Waals surface area contributed by atoms with Crippen LogP contribution in [0.25, 0.3) is 0 Å². The van der Waals surface area contributed by atoms with Crippen molar-refractivity contribution < 1.29 is 22.7 Å². The van der Waals surface area contributed by atoms with E-state index in [2.05, 4.69) is 9.46 Å². The number of carbonyl (C=O) groups excluding carboxylic acids is 1. The lowest BCUT2D eigenvalue weighted by molar-refractivity contribution is 0.121. The van der Waals surface area contributed by atoms with E-state index in [-0.39, 0.29) is 11.4 Å². The van der Waals surface area contributed by atoms with Crippen molar-refractivity contribution in [2.75, 3.05) is 17.6 Å². The Morgan fingerprint density at radius 1 is 1.35 bits per heavy atom. The number of rotatable bonds is 5. The summed E-state index contributed by atoms with van der Waals surface area (Å²) in [6.45, 7) is 3.20. The molecule has 20 heavy (non-hydrogen) atoms. The van der Waals surface area contributed by atoms with Gasteiger partial charge < -0.3 is 15.2 Å². The summed E-state index contributed by atoms with van der Waals surface area (Å²) in [5.74, 6) is 0.484. The topological polar surface area (TPSA) is 120 Å². The van der Waals surface area contributed by atoms with Gasteiger partial charge >= 0.3 is 16.3 Å². The first-order valence-electron chi connectivity index (χ1n) is 5.68. The zero-order valence-electron chi connectivity index (χ0n) is 11.3. The summed E-state index contributed by atoms with van der Waals surface area (Å²) in [7, 11) is -2.66. The predicted molar refractivity (Wildman–Crippen MR) is 74.7 cm³/mol. The fourth-order valence-corrected chi connectivity index (χ4v) is 2.07. The molecule has 1 aromatic carbocycles. The van der Waals surface area contributed by atoms with Crippen molar-refractivity contribution in [2.24, 2.45) is 0 Å². The molecule has 0 fully saturated rings. The number of hydrogen-bond acceptors (Lipinski definition) is 6. The Morgan fingerprint density at radius 2 is 2.00 bits per heavy atom. The molecule has 8 nitrogen and oxygen atoms in total. The fourth-order valence-electron chi connectivity index (χ4n) is 1.28. The van der Waals surface area contributed by atoms with Crippen molar-refractivity contribution in [3.8, 4) is 5.75 Å². The highest BCUT2D eigenvalue weighted by molar-refractivity contribution is 7.91. The van der Waals surface area contributed by atoms with Crippen LogP contribution in [0.5, 0.6) is 5.75 Å². The van der Waals surface area contributed by atoms with E-state index in [1.165, 1.54) is 25.3 Å². The number of nitrogens with two attached hydrogens (primary N) is 1. The minimum absolute atomic E-state index is 0.121. The normalized spacial score (nSPS) is 11.0. The number of methoxy groups -OCH3 is 1. The van der Waals surface area contributed by atoms with Gasteiger partial charge in [-0.15, -0.1) is 0 Å². The summed E-state index contributed by atoms with van der Waals surface area (Å²) < 4.78 is 36.8. The molecule has 0 unspecified atom stereocenters. The van der Waals surface area contributed by atoms with E-state index in [1.54, 1.807) is 18.6 Å². The quantitative estimate of drug-likeness (QED) is 0.700. The average Bonchev–Trinajstić information content (AvgIpc) is 2.29. The molecule has 1 rings (SSSR count). The van der Waals surface area contributed by atoms with Gasteiger partial charge in [-0.05, 0) is 26.0 Å². The van der Waals surface area contributed by atoms with Crippen LogP contribution < -0.4 is 19.9 Å². The Kier molecular flexibility index (Phi) is 5.03. The molecule has 4 N–H and O–H groups in total. The molecule has 0 aliphatic rings. The molecule has 1 aromatic rings. The number of amides is 1. The van der Waals surface area contributed by atoms with Crippen LogP contribution in [0.1, 0.15) is 13.8 Å². The first-order chi connectivity index (χ1) is 9.23. The van der Waals surface area contributed by atoms with Crippen LogP contribution >= 0.6 is 0 Å². The molecule has 0 saturated carbocycles.